The summed E-state index contributed by atoms with van der Waals surface area (Å²) < 4.78 is 0. The first-order valence-corrected chi connectivity index (χ1v) is 13.5. The van der Waals surface area contributed by atoms with Gasteiger partial charge in [-0.1, -0.05) is 36.8 Å². The van der Waals surface area contributed by atoms with Crippen LogP contribution in [0.2, 0.25) is 0 Å². The molecule has 0 aromatic rings. The van der Waals surface area contributed by atoms with Gasteiger partial charge in [-0.3, -0.25) is 0 Å². The van der Waals surface area contributed by atoms with Gasteiger partial charge in [0.05, 0.1) is 6.10 Å². The van der Waals surface area contributed by atoms with Gasteiger partial charge in [-0.2, -0.15) is 0 Å². The van der Waals surface area contributed by atoms with E-state index in [9.17, 15) is 5.11 Å². The van der Waals surface area contributed by atoms with Crippen LogP contribution in [-0.2, 0) is 0 Å². The van der Waals surface area contributed by atoms with Gasteiger partial charge in [-0.25, -0.2) is 0 Å². The number of rotatable bonds is 5. The van der Waals surface area contributed by atoms with Crippen LogP contribution in [0, 0.1) is 35.0 Å². The molecule has 1 nitrogen and oxygen atoms in total. The second-order valence-corrected chi connectivity index (χ2v) is 12.1. The third-order valence-corrected chi connectivity index (χ3v) is 10.7. The van der Waals surface area contributed by atoms with Gasteiger partial charge in [0.25, 0.3) is 0 Å². The zero-order chi connectivity index (χ0) is 19.8. The highest BCUT2D eigenvalue weighted by Crippen LogP contribution is 2.64. The fraction of sp³-hybridized carbons (Fsp3) is 0.778. The second-order valence-electron chi connectivity index (χ2n) is 10.9. The zero-order valence-corrected chi connectivity index (χ0v) is 19.1. The average molecular weight is 413 g/mol. The molecule has 5 aliphatic carbocycles. The van der Waals surface area contributed by atoms with Crippen LogP contribution < -0.4 is 0 Å². The molecule has 5 rings (SSSR count). The predicted octanol–water partition coefficient (Wildman–Crippen LogP) is 7.28. The van der Waals surface area contributed by atoms with Gasteiger partial charge in [-0.15, -0.1) is 11.8 Å². The van der Waals surface area contributed by atoms with Gasteiger partial charge in [0.15, 0.2) is 0 Å². The van der Waals surface area contributed by atoms with Gasteiger partial charge < -0.3 is 5.11 Å². The fourth-order valence-electron chi connectivity index (χ4n) is 8.05. The summed E-state index contributed by atoms with van der Waals surface area (Å²) in [6.45, 7) is 2.68. The largest absolute Gasteiger partial charge is 0.393 e. The molecule has 160 valence electrons. The Morgan fingerprint density at radius 1 is 1.07 bits per heavy atom. The molecule has 0 heterocycles. The summed E-state index contributed by atoms with van der Waals surface area (Å²) in [5, 5.41) is 10.1. The molecule has 7 atom stereocenters. The molecule has 5 aliphatic rings. The van der Waals surface area contributed by atoms with Crippen LogP contribution in [0.3, 0.4) is 0 Å². The van der Waals surface area contributed by atoms with E-state index in [4.69, 9.17) is 0 Å². The molecule has 29 heavy (non-hydrogen) atoms. The monoisotopic (exact) mass is 412 g/mol. The lowest BCUT2D eigenvalue weighted by molar-refractivity contribution is -0.0196. The quantitative estimate of drug-likeness (QED) is 0.378. The SMILES string of the molecule is CC12CCC3C4CCC(O)CC4=CCC3C1CCC2CCCSC1=CCCC=C1. The molecular weight excluding hydrogens is 372 g/mol. The highest BCUT2D eigenvalue weighted by Gasteiger charge is 2.55. The maximum Gasteiger partial charge on any atom is 0.0577 e. The molecule has 2 heteroatoms. The van der Waals surface area contributed by atoms with Crippen molar-refractivity contribution in [2.24, 2.45) is 35.0 Å². The minimum Gasteiger partial charge on any atom is -0.393 e. The molecule has 3 fully saturated rings. The van der Waals surface area contributed by atoms with Crippen LogP contribution in [0.5, 0.6) is 0 Å². The van der Waals surface area contributed by atoms with Crippen molar-refractivity contribution in [1.29, 1.82) is 0 Å². The Morgan fingerprint density at radius 3 is 2.86 bits per heavy atom. The van der Waals surface area contributed by atoms with E-state index in [1.807, 2.05) is 0 Å². The maximum absolute atomic E-state index is 10.1. The third-order valence-electron chi connectivity index (χ3n) is 9.54. The molecular formula is C27H40OS. The first-order valence-electron chi connectivity index (χ1n) is 12.5. The van der Waals surface area contributed by atoms with Crippen LogP contribution >= 0.6 is 11.8 Å². The topological polar surface area (TPSA) is 20.2 Å². The Morgan fingerprint density at radius 2 is 2.00 bits per heavy atom. The first kappa shape index (κ1) is 20.4. The molecule has 1 N–H and O–H groups in total. The van der Waals surface area contributed by atoms with Crippen LogP contribution in [0.15, 0.2) is 34.8 Å². The normalized spacial score (nSPS) is 43.8. The van der Waals surface area contributed by atoms with E-state index >= 15 is 0 Å². The van der Waals surface area contributed by atoms with E-state index < -0.39 is 0 Å². The minimum atomic E-state index is -0.0588. The summed E-state index contributed by atoms with van der Waals surface area (Å²) in [5.41, 5.74) is 2.24. The van der Waals surface area contributed by atoms with Gasteiger partial charge in [-0.05, 0) is 118 Å². The summed E-state index contributed by atoms with van der Waals surface area (Å²) in [6.07, 6.45) is 25.4. The molecule has 0 aliphatic heterocycles. The lowest BCUT2D eigenvalue weighted by Gasteiger charge is -2.54. The van der Waals surface area contributed by atoms with Crippen LogP contribution in [0.1, 0.15) is 84.0 Å². The Kier molecular flexibility index (Phi) is 6.04. The van der Waals surface area contributed by atoms with E-state index in [2.05, 4.69) is 43.0 Å². The van der Waals surface area contributed by atoms with Crippen molar-refractivity contribution in [3.05, 3.63) is 34.8 Å². The molecule has 0 spiro atoms. The standard InChI is InChI=1S/C27H40OS/c1-27-16-15-24-23-13-11-21(28)18-19(23)9-12-25(24)26(27)14-10-20(27)6-5-17-29-22-7-3-2-4-8-22/h3,7-9,20-21,23-26,28H,2,4-6,10-18H2,1H3. The molecule has 0 saturated heterocycles. The van der Waals surface area contributed by atoms with Crippen molar-refractivity contribution in [2.75, 3.05) is 5.75 Å². The number of hydrogen-bond donors (Lipinski definition) is 1. The van der Waals surface area contributed by atoms with Crippen molar-refractivity contribution in [3.8, 4) is 0 Å². The van der Waals surface area contributed by atoms with Crippen molar-refractivity contribution >= 4 is 11.8 Å². The van der Waals surface area contributed by atoms with Gasteiger partial charge in [0, 0.05) is 4.91 Å². The molecule has 0 aromatic heterocycles. The Bertz CT molecular complexity index is 691. The van der Waals surface area contributed by atoms with Crippen molar-refractivity contribution < 1.29 is 5.11 Å². The number of hydrogen-bond acceptors (Lipinski definition) is 2. The Labute approximate surface area is 182 Å². The predicted molar refractivity (Wildman–Crippen MR) is 125 cm³/mol. The van der Waals surface area contributed by atoms with Crippen molar-refractivity contribution in [3.63, 3.8) is 0 Å². The number of aliphatic hydroxyl groups excluding tert-OH is 1. The van der Waals surface area contributed by atoms with Gasteiger partial charge in [0.2, 0.25) is 0 Å². The molecule has 0 bridgehead atoms. The van der Waals surface area contributed by atoms with Crippen LogP contribution in [0.4, 0.5) is 0 Å². The molecule has 0 aromatic carbocycles. The molecule has 0 radical (unpaired) electrons. The van der Waals surface area contributed by atoms with E-state index in [0.717, 1.165) is 42.4 Å². The van der Waals surface area contributed by atoms with Crippen LogP contribution in [-0.4, -0.2) is 17.0 Å². The van der Waals surface area contributed by atoms with Crippen molar-refractivity contribution in [2.45, 2.75) is 90.1 Å². The highest BCUT2D eigenvalue weighted by atomic mass is 32.2. The summed E-state index contributed by atoms with van der Waals surface area (Å²) in [7, 11) is 0. The van der Waals surface area contributed by atoms with Crippen LogP contribution in [0.25, 0.3) is 0 Å². The smallest absolute Gasteiger partial charge is 0.0577 e. The lowest BCUT2D eigenvalue weighted by Crippen LogP contribution is -2.46. The zero-order valence-electron chi connectivity index (χ0n) is 18.3. The number of allylic oxidation sites excluding steroid dienone is 4. The minimum absolute atomic E-state index is 0.0588. The average Bonchev–Trinajstić information content (AvgIpc) is 3.08. The Hall–Kier alpha value is -0.470. The first-order chi connectivity index (χ1) is 14.1. The summed E-state index contributed by atoms with van der Waals surface area (Å²) in [4.78, 5) is 1.51. The number of fused-ring (bicyclic) bond motifs is 5. The van der Waals surface area contributed by atoms with E-state index in [-0.39, 0.29) is 6.10 Å². The molecule has 0 amide bonds. The van der Waals surface area contributed by atoms with E-state index in [1.54, 1.807) is 5.57 Å². The Balaban J connectivity index is 1.19. The van der Waals surface area contributed by atoms with Crippen molar-refractivity contribution in [1.82, 2.24) is 0 Å². The highest BCUT2D eigenvalue weighted by molar-refractivity contribution is 8.03. The number of aliphatic hydroxyl groups is 1. The third kappa shape index (κ3) is 3.93. The van der Waals surface area contributed by atoms with Gasteiger partial charge >= 0.3 is 0 Å². The lowest BCUT2D eigenvalue weighted by atomic mass is 9.51. The second kappa shape index (κ2) is 8.58. The fourth-order valence-corrected chi connectivity index (χ4v) is 9.02. The summed E-state index contributed by atoms with van der Waals surface area (Å²) in [5.74, 6) is 5.91. The van der Waals surface area contributed by atoms with Gasteiger partial charge in [0.1, 0.15) is 0 Å². The summed E-state index contributed by atoms with van der Waals surface area (Å²) in [6, 6.07) is 0. The van der Waals surface area contributed by atoms with E-state index in [1.165, 1.54) is 74.9 Å². The molecule has 3 saturated carbocycles. The summed E-state index contributed by atoms with van der Waals surface area (Å²) >= 11 is 2.09. The number of thioether (sulfide) groups is 1. The molecule has 7 unspecified atom stereocenters. The maximum atomic E-state index is 10.1. The van der Waals surface area contributed by atoms with E-state index in [0.29, 0.717) is 5.41 Å².